The Bertz CT molecular complexity index is 422. The Hall–Kier alpha value is -1.49. The van der Waals surface area contributed by atoms with Crippen LogP contribution in [-0.4, -0.2) is 57.3 Å². The Labute approximate surface area is 115 Å². The van der Waals surface area contributed by atoms with Crippen molar-refractivity contribution in [1.82, 2.24) is 9.88 Å². The normalized spacial score (nSPS) is 20.1. The zero-order valence-electron chi connectivity index (χ0n) is 12.3. The monoisotopic (exact) mass is 264 g/mol. The van der Waals surface area contributed by atoms with Crippen LogP contribution < -0.4 is 15.0 Å². The number of ether oxygens (including phenoxy) is 1. The molecule has 0 aromatic carbocycles. The molecule has 1 aliphatic heterocycles. The molecule has 19 heavy (non-hydrogen) atoms. The zero-order chi connectivity index (χ0) is 13.8. The number of hydrogen-bond acceptors (Lipinski definition) is 5. The summed E-state index contributed by atoms with van der Waals surface area (Å²) < 4.78 is 5.39. The first-order chi connectivity index (χ1) is 9.11. The second-order valence-corrected chi connectivity index (χ2v) is 5.35. The first-order valence-corrected chi connectivity index (χ1v) is 6.77. The van der Waals surface area contributed by atoms with Crippen molar-refractivity contribution >= 4 is 11.4 Å². The lowest BCUT2D eigenvalue weighted by molar-refractivity contribution is 0.260. The summed E-state index contributed by atoms with van der Waals surface area (Å²) in [6.07, 6.45) is 4.20. The van der Waals surface area contributed by atoms with E-state index >= 15 is 0 Å². The minimum atomic E-state index is 0.454. The van der Waals surface area contributed by atoms with Gasteiger partial charge in [0.05, 0.1) is 12.8 Å². The van der Waals surface area contributed by atoms with Crippen LogP contribution in [0.1, 0.15) is 12.8 Å². The van der Waals surface area contributed by atoms with Crippen LogP contribution in [0.3, 0.4) is 0 Å². The molecule has 1 unspecified atom stereocenters. The van der Waals surface area contributed by atoms with E-state index in [0.717, 1.165) is 17.9 Å². The predicted molar refractivity (Wildman–Crippen MR) is 79.3 cm³/mol. The molecule has 2 heterocycles. The highest BCUT2D eigenvalue weighted by molar-refractivity contribution is 5.74. The number of nitrogens with one attached hydrogen (secondary N) is 1. The van der Waals surface area contributed by atoms with Gasteiger partial charge in [0.25, 0.3) is 0 Å². The van der Waals surface area contributed by atoms with Gasteiger partial charge in [0.2, 0.25) is 5.88 Å². The maximum atomic E-state index is 5.39. The first kappa shape index (κ1) is 13.9. The molecule has 1 N–H and O–H groups in total. The van der Waals surface area contributed by atoms with Gasteiger partial charge in [0, 0.05) is 32.9 Å². The van der Waals surface area contributed by atoms with Gasteiger partial charge in [-0.1, -0.05) is 0 Å². The zero-order valence-corrected chi connectivity index (χ0v) is 12.3. The number of nitrogens with zero attached hydrogens (tertiary/aromatic N) is 3. The third-order valence-corrected chi connectivity index (χ3v) is 3.54. The van der Waals surface area contributed by atoms with Crippen LogP contribution in [0, 0.1) is 0 Å². The third kappa shape index (κ3) is 3.29. The van der Waals surface area contributed by atoms with Crippen LogP contribution in [-0.2, 0) is 0 Å². The smallest absolute Gasteiger partial charge is 0.239 e. The van der Waals surface area contributed by atoms with E-state index in [2.05, 4.69) is 27.1 Å². The van der Waals surface area contributed by atoms with E-state index in [0.29, 0.717) is 11.9 Å². The Balaban J connectivity index is 2.22. The predicted octanol–water partition coefficient (Wildman–Crippen LogP) is 1.66. The molecule has 0 radical (unpaired) electrons. The number of likely N-dealkylation sites (N-methyl/N-ethyl adjacent to an activating group) is 1. The Morgan fingerprint density at radius 1 is 1.47 bits per heavy atom. The van der Waals surface area contributed by atoms with Crippen LogP contribution in [0.5, 0.6) is 5.88 Å². The third-order valence-electron chi connectivity index (χ3n) is 3.54. The summed E-state index contributed by atoms with van der Waals surface area (Å²) in [7, 11) is 7.90. The van der Waals surface area contributed by atoms with Crippen molar-refractivity contribution in [3.05, 3.63) is 12.3 Å². The van der Waals surface area contributed by atoms with E-state index < -0.39 is 0 Å². The molecule has 1 aromatic heterocycles. The maximum absolute atomic E-state index is 5.39. The van der Waals surface area contributed by atoms with Crippen LogP contribution in [0.25, 0.3) is 0 Å². The van der Waals surface area contributed by atoms with E-state index in [4.69, 9.17) is 4.74 Å². The lowest BCUT2D eigenvalue weighted by atomic mass is 10.1. The number of likely N-dealkylation sites (tertiary alicyclic amines) is 1. The second-order valence-electron chi connectivity index (χ2n) is 5.35. The van der Waals surface area contributed by atoms with Gasteiger partial charge >= 0.3 is 0 Å². The highest BCUT2D eigenvalue weighted by atomic mass is 16.5. The molecule has 1 saturated heterocycles. The number of rotatable bonds is 4. The SMILES string of the molecule is COc1nccc(N(C)C)c1NC1CCCN(C)C1. The number of hydrogen-bond donors (Lipinski definition) is 1. The number of methoxy groups -OCH3 is 1. The number of piperidine rings is 1. The quantitative estimate of drug-likeness (QED) is 0.895. The van der Waals surface area contributed by atoms with Gasteiger partial charge in [0.1, 0.15) is 5.69 Å². The van der Waals surface area contributed by atoms with Crippen molar-refractivity contribution in [2.24, 2.45) is 0 Å². The summed E-state index contributed by atoms with van der Waals surface area (Å²) >= 11 is 0. The van der Waals surface area contributed by atoms with Crippen molar-refractivity contribution in [2.45, 2.75) is 18.9 Å². The van der Waals surface area contributed by atoms with E-state index in [-0.39, 0.29) is 0 Å². The molecule has 1 aromatic rings. The minimum absolute atomic E-state index is 0.454. The number of aromatic nitrogens is 1. The molecule has 106 valence electrons. The second kappa shape index (κ2) is 6.10. The highest BCUT2D eigenvalue weighted by Gasteiger charge is 2.20. The van der Waals surface area contributed by atoms with Crippen LogP contribution in [0.4, 0.5) is 11.4 Å². The molecular formula is C14H24N4O. The summed E-state index contributed by atoms with van der Waals surface area (Å²) in [5.41, 5.74) is 2.11. The average molecular weight is 264 g/mol. The topological polar surface area (TPSA) is 40.6 Å². The van der Waals surface area contributed by atoms with E-state index in [1.54, 1.807) is 13.3 Å². The van der Waals surface area contributed by atoms with Crippen molar-refractivity contribution in [1.29, 1.82) is 0 Å². The van der Waals surface area contributed by atoms with Gasteiger partial charge < -0.3 is 19.9 Å². The maximum Gasteiger partial charge on any atom is 0.239 e. The molecule has 0 aliphatic carbocycles. The highest BCUT2D eigenvalue weighted by Crippen LogP contribution is 2.33. The summed E-state index contributed by atoms with van der Waals surface area (Å²) in [4.78, 5) is 8.74. The van der Waals surface area contributed by atoms with Crippen molar-refractivity contribution < 1.29 is 4.74 Å². The van der Waals surface area contributed by atoms with Gasteiger partial charge in [-0.2, -0.15) is 0 Å². The van der Waals surface area contributed by atoms with E-state index in [1.807, 2.05) is 20.2 Å². The Kier molecular flexibility index (Phi) is 4.47. The molecule has 1 fully saturated rings. The van der Waals surface area contributed by atoms with Crippen LogP contribution in [0.15, 0.2) is 12.3 Å². The van der Waals surface area contributed by atoms with Crippen molar-refractivity contribution in [2.75, 3.05) is 51.6 Å². The van der Waals surface area contributed by atoms with E-state index in [9.17, 15) is 0 Å². The molecule has 5 heteroatoms. The van der Waals surface area contributed by atoms with Crippen molar-refractivity contribution in [3.8, 4) is 5.88 Å². The fourth-order valence-electron chi connectivity index (χ4n) is 2.58. The molecule has 1 atom stereocenters. The van der Waals surface area contributed by atoms with Crippen LogP contribution >= 0.6 is 0 Å². The lowest BCUT2D eigenvalue weighted by Crippen LogP contribution is -2.40. The van der Waals surface area contributed by atoms with Gasteiger partial charge in [0.15, 0.2) is 0 Å². The minimum Gasteiger partial charge on any atom is -0.479 e. The van der Waals surface area contributed by atoms with E-state index in [1.165, 1.54) is 19.4 Å². The standard InChI is InChI=1S/C14H24N4O/c1-17(2)12-7-8-15-14(19-4)13(12)16-11-6-5-9-18(3)10-11/h7-8,11,16H,5-6,9-10H2,1-4H3. The summed E-state index contributed by atoms with van der Waals surface area (Å²) in [6.45, 7) is 2.24. The summed E-state index contributed by atoms with van der Waals surface area (Å²) in [5.74, 6) is 0.666. The Morgan fingerprint density at radius 3 is 2.89 bits per heavy atom. The molecule has 1 aliphatic rings. The summed E-state index contributed by atoms with van der Waals surface area (Å²) in [6, 6.07) is 2.47. The molecule has 0 saturated carbocycles. The molecule has 0 amide bonds. The van der Waals surface area contributed by atoms with Crippen LogP contribution in [0.2, 0.25) is 0 Å². The van der Waals surface area contributed by atoms with Crippen molar-refractivity contribution in [3.63, 3.8) is 0 Å². The van der Waals surface area contributed by atoms with Gasteiger partial charge in [-0.3, -0.25) is 0 Å². The lowest BCUT2D eigenvalue weighted by Gasteiger charge is -2.32. The Morgan fingerprint density at radius 2 is 2.26 bits per heavy atom. The van der Waals surface area contributed by atoms with Gasteiger partial charge in [-0.15, -0.1) is 0 Å². The van der Waals surface area contributed by atoms with Gasteiger partial charge in [-0.05, 0) is 32.5 Å². The molecule has 0 spiro atoms. The molecular weight excluding hydrogens is 240 g/mol. The largest absolute Gasteiger partial charge is 0.479 e. The molecule has 5 nitrogen and oxygen atoms in total. The fraction of sp³-hybridized carbons (Fsp3) is 0.643. The molecule has 2 rings (SSSR count). The fourth-order valence-corrected chi connectivity index (χ4v) is 2.58. The van der Waals surface area contributed by atoms with Gasteiger partial charge in [-0.25, -0.2) is 4.98 Å². The summed E-state index contributed by atoms with van der Waals surface area (Å²) in [5, 5.41) is 3.61. The number of pyridine rings is 1. The number of anilines is 2. The average Bonchev–Trinajstić information content (AvgIpc) is 2.38. The molecule has 0 bridgehead atoms. The first-order valence-electron chi connectivity index (χ1n) is 6.77.